The average Bonchev–Trinajstić information content (AvgIpc) is 2.79. The summed E-state index contributed by atoms with van der Waals surface area (Å²) in [6.07, 6.45) is 0. The molecule has 1 N–H and O–H groups in total. The Kier molecular flexibility index (Phi) is 5.77. The van der Waals surface area contributed by atoms with Gasteiger partial charge in [0, 0.05) is 15.6 Å². The summed E-state index contributed by atoms with van der Waals surface area (Å²) in [5.41, 5.74) is 8.67. The second kappa shape index (κ2) is 8.80. The van der Waals surface area contributed by atoms with Crippen molar-refractivity contribution in [3.63, 3.8) is 0 Å². The lowest BCUT2D eigenvalue weighted by Crippen LogP contribution is -2.04. The Morgan fingerprint density at radius 3 is 1.79 bits per heavy atom. The SMILES string of the molecule is C/C(=N\Nc1nc(-c2ccccc2)cc(-c2ccccc2)n1)c1ccc(Br)cc1. The summed E-state index contributed by atoms with van der Waals surface area (Å²) in [5, 5.41) is 4.49. The molecule has 0 unspecified atom stereocenters. The number of hydrogen-bond acceptors (Lipinski definition) is 4. The van der Waals surface area contributed by atoms with Crippen LogP contribution in [0.3, 0.4) is 0 Å². The van der Waals surface area contributed by atoms with Crippen molar-refractivity contribution in [1.82, 2.24) is 9.97 Å². The van der Waals surface area contributed by atoms with Crippen molar-refractivity contribution in [3.05, 3.63) is 101 Å². The first-order valence-corrected chi connectivity index (χ1v) is 10.0. The standard InChI is InChI=1S/C24H19BrN4/c1-17(18-12-14-21(25)15-13-18)28-29-24-26-22(19-8-4-2-5-9-19)16-23(27-24)20-10-6-3-7-11-20/h2-16H,1H3,(H,26,27,29)/b28-17+. The lowest BCUT2D eigenvalue weighted by molar-refractivity contribution is 1.12. The van der Waals surface area contributed by atoms with E-state index in [2.05, 4.69) is 36.4 Å². The normalized spacial score (nSPS) is 11.3. The quantitative estimate of drug-likeness (QED) is 0.287. The van der Waals surface area contributed by atoms with Gasteiger partial charge in [0.25, 0.3) is 0 Å². The number of nitrogens with zero attached hydrogens (tertiary/aromatic N) is 3. The summed E-state index contributed by atoms with van der Waals surface area (Å²) in [5.74, 6) is 0.460. The summed E-state index contributed by atoms with van der Waals surface area (Å²) < 4.78 is 1.04. The zero-order valence-corrected chi connectivity index (χ0v) is 17.5. The van der Waals surface area contributed by atoms with Crippen LogP contribution in [0, 0.1) is 0 Å². The number of rotatable bonds is 5. The van der Waals surface area contributed by atoms with Crippen LogP contribution in [0.25, 0.3) is 22.5 Å². The van der Waals surface area contributed by atoms with Gasteiger partial charge in [-0.3, -0.25) is 0 Å². The fourth-order valence-electron chi connectivity index (χ4n) is 2.90. The van der Waals surface area contributed by atoms with E-state index in [1.807, 2.05) is 97.9 Å². The van der Waals surface area contributed by atoms with Gasteiger partial charge in [-0.05, 0) is 30.7 Å². The molecule has 0 radical (unpaired) electrons. The molecule has 0 aliphatic carbocycles. The predicted molar refractivity (Wildman–Crippen MR) is 123 cm³/mol. The van der Waals surface area contributed by atoms with E-state index in [1.165, 1.54) is 0 Å². The summed E-state index contributed by atoms with van der Waals surface area (Å²) in [7, 11) is 0. The fourth-order valence-corrected chi connectivity index (χ4v) is 3.16. The minimum Gasteiger partial charge on any atom is -0.245 e. The third kappa shape index (κ3) is 4.76. The highest BCUT2D eigenvalue weighted by atomic mass is 79.9. The molecular weight excluding hydrogens is 424 g/mol. The summed E-state index contributed by atoms with van der Waals surface area (Å²) in [6.45, 7) is 1.95. The van der Waals surface area contributed by atoms with Gasteiger partial charge in [-0.1, -0.05) is 88.7 Å². The molecule has 0 saturated carbocycles. The van der Waals surface area contributed by atoms with Gasteiger partial charge in [-0.2, -0.15) is 5.10 Å². The first-order chi connectivity index (χ1) is 14.2. The number of anilines is 1. The van der Waals surface area contributed by atoms with Gasteiger partial charge in [-0.25, -0.2) is 15.4 Å². The van der Waals surface area contributed by atoms with E-state index >= 15 is 0 Å². The zero-order valence-electron chi connectivity index (χ0n) is 15.9. The molecule has 1 heterocycles. The van der Waals surface area contributed by atoms with Gasteiger partial charge < -0.3 is 0 Å². The van der Waals surface area contributed by atoms with Crippen LogP contribution in [0.1, 0.15) is 12.5 Å². The molecule has 0 amide bonds. The molecule has 29 heavy (non-hydrogen) atoms. The first-order valence-electron chi connectivity index (χ1n) is 9.25. The summed E-state index contributed by atoms with van der Waals surface area (Å²) in [6, 6.07) is 30.2. The van der Waals surface area contributed by atoms with Crippen LogP contribution in [0.4, 0.5) is 5.95 Å². The molecule has 0 saturated heterocycles. The van der Waals surface area contributed by atoms with E-state index in [-0.39, 0.29) is 0 Å². The number of aromatic nitrogens is 2. The van der Waals surface area contributed by atoms with Gasteiger partial charge in [0.2, 0.25) is 5.95 Å². The van der Waals surface area contributed by atoms with Crippen molar-refractivity contribution >= 4 is 27.6 Å². The van der Waals surface area contributed by atoms with Gasteiger partial charge in [0.1, 0.15) is 0 Å². The van der Waals surface area contributed by atoms with E-state index in [4.69, 9.17) is 0 Å². The molecule has 0 aliphatic rings. The van der Waals surface area contributed by atoms with Crippen LogP contribution in [0.2, 0.25) is 0 Å². The summed E-state index contributed by atoms with van der Waals surface area (Å²) in [4.78, 5) is 9.34. The van der Waals surface area contributed by atoms with Crippen LogP contribution in [0.5, 0.6) is 0 Å². The maximum Gasteiger partial charge on any atom is 0.244 e. The summed E-state index contributed by atoms with van der Waals surface area (Å²) >= 11 is 3.46. The van der Waals surface area contributed by atoms with E-state index < -0.39 is 0 Å². The molecule has 5 heteroatoms. The molecule has 3 aromatic carbocycles. The van der Waals surface area contributed by atoms with Crippen molar-refractivity contribution in [3.8, 4) is 22.5 Å². The maximum atomic E-state index is 4.67. The largest absolute Gasteiger partial charge is 0.245 e. The third-order valence-electron chi connectivity index (χ3n) is 4.45. The minimum absolute atomic E-state index is 0.460. The Labute approximate surface area is 178 Å². The number of hydrazone groups is 1. The average molecular weight is 443 g/mol. The van der Waals surface area contributed by atoms with E-state index in [9.17, 15) is 0 Å². The van der Waals surface area contributed by atoms with Crippen molar-refractivity contribution in [2.75, 3.05) is 5.43 Å². The van der Waals surface area contributed by atoms with Crippen LogP contribution >= 0.6 is 15.9 Å². The highest BCUT2D eigenvalue weighted by Gasteiger charge is 2.08. The van der Waals surface area contributed by atoms with Gasteiger partial charge >= 0.3 is 0 Å². The molecule has 0 aliphatic heterocycles. The highest BCUT2D eigenvalue weighted by Crippen LogP contribution is 2.25. The van der Waals surface area contributed by atoms with Gasteiger partial charge in [0.05, 0.1) is 17.1 Å². The second-order valence-electron chi connectivity index (χ2n) is 6.51. The molecule has 0 fully saturated rings. The van der Waals surface area contributed by atoms with Crippen LogP contribution in [-0.2, 0) is 0 Å². The lowest BCUT2D eigenvalue weighted by Gasteiger charge is -2.09. The molecule has 0 spiro atoms. The number of nitrogens with one attached hydrogen (secondary N) is 1. The van der Waals surface area contributed by atoms with E-state index in [0.29, 0.717) is 5.95 Å². The van der Waals surface area contributed by atoms with E-state index in [1.54, 1.807) is 0 Å². The number of benzene rings is 3. The molecular formula is C24H19BrN4. The zero-order chi connectivity index (χ0) is 20.1. The lowest BCUT2D eigenvalue weighted by atomic mass is 10.1. The predicted octanol–water partition coefficient (Wildman–Crippen LogP) is 6.41. The Bertz CT molecular complexity index is 1070. The topological polar surface area (TPSA) is 50.2 Å². The molecule has 1 aromatic heterocycles. The smallest absolute Gasteiger partial charge is 0.244 e. The fraction of sp³-hybridized carbons (Fsp3) is 0.0417. The third-order valence-corrected chi connectivity index (χ3v) is 4.98. The molecule has 4 rings (SSSR count). The van der Waals surface area contributed by atoms with Gasteiger partial charge in [-0.15, -0.1) is 0 Å². The monoisotopic (exact) mass is 442 g/mol. The maximum absolute atomic E-state index is 4.67. The first kappa shape index (κ1) is 19.0. The van der Waals surface area contributed by atoms with Crippen molar-refractivity contribution in [2.24, 2.45) is 5.10 Å². The van der Waals surface area contributed by atoms with Crippen molar-refractivity contribution in [1.29, 1.82) is 0 Å². The number of halogens is 1. The van der Waals surface area contributed by atoms with E-state index in [0.717, 1.165) is 38.3 Å². The van der Waals surface area contributed by atoms with Gasteiger partial charge in [0.15, 0.2) is 0 Å². The molecule has 4 aromatic rings. The van der Waals surface area contributed by atoms with Crippen molar-refractivity contribution in [2.45, 2.75) is 6.92 Å². The molecule has 142 valence electrons. The minimum atomic E-state index is 0.460. The molecule has 0 atom stereocenters. The van der Waals surface area contributed by atoms with Crippen LogP contribution in [-0.4, -0.2) is 15.7 Å². The Morgan fingerprint density at radius 2 is 1.28 bits per heavy atom. The van der Waals surface area contributed by atoms with Crippen molar-refractivity contribution < 1.29 is 0 Å². The Hall–Kier alpha value is -3.31. The second-order valence-corrected chi connectivity index (χ2v) is 7.43. The Morgan fingerprint density at radius 1 is 0.759 bits per heavy atom. The number of hydrogen-bond donors (Lipinski definition) is 1. The molecule has 0 bridgehead atoms. The Balaban J connectivity index is 1.70. The van der Waals surface area contributed by atoms with Crippen LogP contribution < -0.4 is 5.43 Å². The van der Waals surface area contributed by atoms with Crippen LogP contribution in [0.15, 0.2) is 101 Å². The highest BCUT2D eigenvalue weighted by molar-refractivity contribution is 9.10. The molecule has 4 nitrogen and oxygen atoms in total.